The van der Waals surface area contributed by atoms with Crippen molar-refractivity contribution >= 4 is 0 Å². The summed E-state index contributed by atoms with van der Waals surface area (Å²) in [5.74, 6) is 0.843. The molecule has 0 spiro atoms. The predicted molar refractivity (Wildman–Crippen MR) is 44.8 cm³/mol. The number of ether oxygens (including phenoxy) is 1. The van der Waals surface area contributed by atoms with Crippen LogP contribution >= 0.6 is 0 Å². The topological polar surface area (TPSA) is 22.1 Å². The van der Waals surface area contributed by atoms with Gasteiger partial charge in [-0.05, 0) is 18.1 Å². The smallest absolute Gasteiger partial charge is 0.137 e. The van der Waals surface area contributed by atoms with Crippen molar-refractivity contribution in [3.63, 3.8) is 0 Å². The molecule has 1 heterocycles. The molecular weight excluding hydrogens is 138 g/mol. The zero-order valence-electron chi connectivity index (χ0n) is 7.00. The van der Waals surface area contributed by atoms with Crippen LogP contribution in [0.25, 0.3) is 0 Å². The molecule has 0 aliphatic carbocycles. The summed E-state index contributed by atoms with van der Waals surface area (Å²) < 4.78 is 5.04. The van der Waals surface area contributed by atoms with E-state index in [1.54, 1.807) is 13.3 Å². The maximum Gasteiger partial charge on any atom is 0.137 e. The summed E-state index contributed by atoms with van der Waals surface area (Å²) in [6.07, 6.45) is 5.82. The van der Waals surface area contributed by atoms with Crippen molar-refractivity contribution < 1.29 is 4.74 Å². The fourth-order valence-electron chi connectivity index (χ4n) is 1.00. The van der Waals surface area contributed by atoms with E-state index in [1.807, 2.05) is 12.3 Å². The lowest BCUT2D eigenvalue weighted by Crippen LogP contribution is -1.88. The van der Waals surface area contributed by atoms with Crippen molar-refractivity contribution in [1.82, 2.24) is 4.98 Å². The van der Waals surface area contributed by atoms with Crippen LogP contribution < -0.4 is 4.74 Å². The zero-order chi connectivity index (χ0) is 8.10. The number of methoxy groups -OCH3 is 1. The zero-order valence-corrected chi connectivity index (χ0v) is 7.00. The molecule has 0 fully saturated rings. The monoisotopic (exact) mass is 151 g/mol. The van der Waals surface area contributed by atoms with Crippen LogP contribution in [0.5, 0.6) is 5.75 Å². The fourth-order valence-corrected chi connectivity index (χ4v) is 1.00. The Kier molecular flexibility index (Phi) is 2.90. The van der Waals surface area contributed by atoms with Gasteiger partial charge in [-0.2, -0.15) is 0 Å². The largest absolute Gasteiger partial charge is 0.495 e. The fraction of sp³-hybridized carbons (Fsp3) is 0.444. The molecule has 0 amide bonds. The van der Waals surface area contributed by atoms with Gasteiger partial charge in [0.1, 0.15) is 5.75 Å². The van der Waals surface area contributed by atoms with Gasteiger partial charge in [-0.3, -0.25) is 4.98 Å². The van der Waals surface area contributed by atoms with Crippen LogP contribution in [-0.2, 0) is 6.42 Å². The van der Waals surface area contributed by atoms with Crippen LogP contribution in [0.1, 0.15) is 18.9 Å². The minimum atomic E-state index is 0.843. The first-order chi connectivity index (χ1) is 5.36. The first kappa shape index (κ1) is 8.05. The van der Waals surface area contributed by atoms with Crippen LogP contribution in [0.15, 0.2) is 18.5 Å². The van der Waals surface area contributed by atoms with Crippen molar-refractivity contribution in [3.05, 3.63) is 24.0 Å². The minimum absolute atomic E-state index is 0.843. The van der Waals surface area contributed by atoms with Crippen LogP contribution in [-0.4, -0.2) is 12.1 Å². The van der Waals surface area contributed by atoms with E-state index in [0.717, 1.165) is 18.6 Å². The van der Waals surface area contributed by atoms with Gasteiger partial charge < -0.3 is 4.74 Å². The highest BCUT2D eigenvalue weighted by atomic mass is 16.5. The van der Waals surface area contributed by atoms with Gasteiger partial charge in [0.2, 0.25) is 0 Å². The normalized spacial score (nSPS) is 9.64. The summed E-state index contributed by atoms with van der Waals surface area (Å²) in [6.45, 7) is 2.15. The Labute approximate surface area is 67.2 Å². The third kappa shape index (κ3) is 2.22. The molecule has 0 saturated carbocycles. The average molecular weight is 151 g/mol. The number of aryl methyl sites for hydroxylation is 1. The Morgan fingerprint density at radius 3 is 2.91 bits per heavy atom. The molecular formula is C9H13NO. The van der Waals surface area contributed by atoms with E-state index in [1.165, 1.54) is 5.56 Å². The molecule has 0 bridgehead atoms. The molecule has 60 valence electrons. The second-order valence-corrected chi connectivity index (χ2v) is 2.48. The Balaban J connectivity index is 2.74. The number of hydrogen-bond acceptors (Lipinski definition) is 2. The van der Waals surface area contributed by atoms with Gasteiger partial charge in [0.05, 0.1) is 13.3 Å². The van der Waals surface area contributed by atoms with E-state index in [4.69, 9.17) is 4.74 Å². The minimum Gasteiger partial charge on any atom is -0.495 e. The SMILES string of the molecule is CCCc1cncc(OC)c1. The van der Waals surface area contributed by atoms with Gasteiger partial charge in [-0.25, -0.2) is 0 Å². The number of rotatable bonds is 3. The van der Waals surface area contributed by atoms with Crippen molar-refractivity contribution in [1.29, 1.82) is 0 Å². The predicted octanol–water partition coefficient (Wildman–Crippen LogP) is 2.04. The Morgan fingerprint density at radius 2 is 2.27 bits per heavy atom. The number of aromatic nitrogens is 1. The van der Waals surface area contributed by atoms with E-state index in [0.29, 0.717) is 0 Å². The van der Waals surface area contributed by atoms with Gasteiger partial charge in [-0.15, -0.1) is 0 Å². The lowest BCUT2D eigenvalue weighted by molar-refractivity contribution is 0.412. The summed E-state index contributed by atoms with van der Waals surface area (Å²) in [5.41, 5.74) is 1.24. The maximum absolute atomic E-state index is 5.04. The molecule has 0 unspecified atom stereocenters. The lowest BCUT2D eigenvalue weighted by atomic mass is 10.2. The Bertz CT molecular complexity index is 223. The third-order valence-corrected chi connectivity index (χ3v) is 1.54. The second kappa shape index (κ2) is 3.96. The van der Waals surface area contributed by atoms with Crippen LogP contribution in [0.2, 0.25) is 0 Å². The van der Waals surface area contributed by atoms with E-state index < -0.39 is 0 Å². The number of pyridine rings is 1. The summed E-state index contributed by atoms with van der Waals surface area (Å²) >= 11 is 0. The molecule has 11 heavy (non-hydrogen) atoms. The molecule has 2 nitrogen and oxygen atoms in total. The molecule has 0 saturated heterocycles. The van der Waals surface area contributed by atoms with Gasteiger partial charge >= 0.3 is 0 Å². The molecule has 0 atom stereocenters. The van der Waals surface area contributed by atoms with Crippen molar-refractivity contribution in [3.8, 4) is 5.75 Å². The van der Waals surface area contributed by atoms with Crippen molar-refractivity contribution in [2.24, 2.45) is 0 Å². The average Bonchev–Trinajstić information content (AvgIpc) is 2.06. The standard InChI is InChI=1S/C9H13NO/c1-3-4-8-5-9(11-2)7-10-6-8/h5-7H,3-4H2,1-2H3. The third-order valence-electron chi connectivity index (χ3n) is 1.54. The summed E-state index contributed by atoms with van der Waals surface area (Å²) in [7, 11) is 1.66. The second-order valence-electron chi connectivity index (χ2n) is 2.48. The van der Waals surface area contributed by atoms with Gasteiger partial charge in [-0.1, -0.05) is 13.3 Å². The first-order valence-corrected chi connectivity index (χ1v) is 3.84. The molecule has 0 radical (unpaired) electrons. The van der Waals surface area contributed by atoms with Gasteiger partial charge in [0.15, 0.2) is 0 Å². The highest BCUT2D eigenvalue weighted by Crippen LogP contribution is 2.11. The van der Waals surface area contributed by atoms with E-state index in [9.17, 15) is 0 Å². The van der Waals surface area contributed by atoms with Crippen LogP contribution in [0, 0.1) is 0 Å². The Morgan fingerprint density at radius 1 is 1.45 bits per heavy atom. The molecule has 0 N–H and O–H groups in total. The Hall–Kier alpha value is -1.05. The van der Waals surface area contributed by atoms with E-state index in [-0.39, 0.29) is 0 Å². The van der Waals surface area contributed by atoms with Crippen molar-refractivity contribution in [2.75, 3.05) is 7.11 Å². The summed E-state index contributed by atoms with van der Waals surface area (Å²) in [4.78, 5) is 4.05. The maximum atomic E-state index is 5.04. The molecule has 1 rings (SSSR count). The van der Waals surface area contributed by atoms with E-state index in [2.05, 4.69) is 11.9 Å². The highest BCUT2D eigenvalue weighted by Gasteiger charge is 1.93. The molecule has 1 aromatic heterocycles. The van der Waals surface area contributed by atoms with Crippen LogP contribution in [0.4, 0.5) is 0 Å². The number of hydrogen-bond donors (Lipinski definition) is 0. The first-order valence-electron chi connectivity index (χ1n) is 3.84. The molecule has 0 aromatic carbocycles. The lowest BCUT2D eigenvalue weighted by Gasteiger charge is -2.00. The molecule has 2 heteroatoms. The summed E-state index contributed by atoms with van der Waals surface area (Å²) in [5, 5.41) is 0. The number of nitrogens with zero attached hydrogens (tertiary/aromatic N) is 1. The highest BCUT2D eigenvalue weighted by molar-refractivity contribution is 5.23. The quantitative estimate of drug-likeness (QED) is 0.659. The van der Waals surface area contributed by atoms with Gasteiger partial charge in [0, 0.05) is 6.20 Å². The molecule has 0 aliphatic heterocycles. The summed E-state index contributed by atoms with van der Waals surface area (Å²) in [6, 6.07) is 2.02. The van der Waals surface area contributed by atoms with E-state index >= 15 is 0 Å². The van der Waals surface area contributed by atoms with Gasteiger partial charge in [0.25, 0.3) is 0 Å². The van der Waals surface area contributed by atoms with Crippen LogP contribution in [0.3, 0.4) is 0 Å². The van der Waals surface area contributed by atoms with Crippen molar-refractivity contribution in [2.45, 2.75) is 19.8 Å². The molecule has 0 aliphatic rings. The molecule has 1 aromatic rings.